The molecule has 4 atom stereocenters. The van der Waals surface area contributed by atoms with E-state index in [1.54, 1.807) is 0 Å². The molecule has 4 unspecified atom stereocenters. The number of unbranched alkanes of at least 4 members (excludes halogenated alkanes) is 43. The van der Waals surface area contributed by atoms with Gasteiger partial charge in [-0.25, -0.2) is 0 Å². The maximum Gasteiger partial charge on any atom is 0.249 e. The van der Waals surface area contributed by atoms with Gasteiger partial charge in [-0.1, -0.05) is 301 Å². The number of rotatable bonds is 58. The van der Waals surface area contributed by atoms with Crippen LogP contribution in [0.25, 0.3) is 0 Å². The second kappa shape index (κ2) is 58.4. The molecule has 0 saturated heterocycles. The van der Waals surface area contributed by atoms with Gasteiger partial charge in [0.25, 0.3) is 0 Å². The Morgan fingerprint density at radius 1 is 0.357 bits per heavy atom. The molecule has 414 valence electrons. The monoisotopic (exact) mass is 986 g/mol. The van der Waals surface area contributed by atoms with Crippen LogP contribution in [0.4, 0.5) is 0 Å². The molecule has 0 aromatic heterocycles. The third-order valence-electron chi connectivity index (χ3n) is 14.8. The summed E-state index contributed by atoms with van der Waals surface area (Å²) in [6, 6.07) is -1.00. The van der Waals surface area contributed by atoms with Crippen LogP contribution >= 0.6 is 0 Å². The Morgan fingerprint density at radius 2 is 0.629 bits per heavy atom. The van der Waals surface area contributed by atoms with Crippen molar-refractivity contribution in [3.05, 3.63) is 36.5 Å². The summed E-state index contributed by atoms with van der Waals surface area (Å²) in [5.41, 5.74) is 0. The van der Waals surface area contributed by atoms with Gasteiger partial charge in [0.15, 0.2) is 0 Å². The Labute approximate surface area is 437 Å². The van der Waals surface area contributed by atoms with Gasteiger partial charge in [0.1, 0.15) is 12.2 Å². The van der Waals surface area contributed by atoms with Crippen LogP contribution in [0.5, 0.6) is 0 Å². The van der Waals surface area contributed by atoms with Crippen molar-refractivity contribution in [1.82, 2.24) is 5.32 Å². The summed E-state index contributed by atoms with van der Waals surface area (Å²) in [4.78, 5) is 12.6. The largest absolute Gasteiger partial charge is 0.394 e. The Morgan fingerprint density at radius 3 is 0.943 bits per heavy atom. The zero-order valence-electron chi connectivity index (χ0n) is 47.0. The number of amides is 1. The molecule has 0 aliphatic carbocycles. The number of hydrogen-bond acceptors (Lipinski definition) is 5. The van der Waals surface area contributed by atoms with Crippen molar-refractivity contribution in [2.24, 2.45) is 0 Å². The van der Waals surface area contributed by atoms with Gasteiger partial charge in [-0.15, -0.1) is 0 Å². The highest BCUT2D eigenvalue weighted by molar-refractivity contribution is 5.80. The molecule has 0 aromatic carbocycles. The number of allylic oxidation sites excluding steroid dienone is 6. The molecule has 5 N–H and O–H groups in total. The number of aliphatic hydroxyl groups is 4. The zero-order valence-corrected chi connectivity index (χ0v) is 47.0. The van der Waals surface area contributed by atoms with Gasteiger partial charge in [0.05, 0.1) is 18.8 Å². The summed E-state index contributed by atoms with van der Waals surface area (Å²) in [6.07, 6.45) is 73.8. The Kier molecular flexibility index (Phi) is 57.2. The highest BCUT2D eigenvalue weighted by atomic mass is 16.3. The van der Waals surface area contributed by atoms with E-state index in [1.165, 1.54) is 263 Å². The number of carbonyl (C=O) groups is 1. The summed E-state index contributed by atoms with van der Waals surface area (Å²) in [5, 5.41) is 44.1. The van der Waals surface area contributed by atoms with E-state index in [0.717, 1.165) is 44.9 Å². The first-order chi connectivity index (χ1) is 34.5. The molecule has 0 radical (unpaired) electrons. The van der Waals surface area contributed by atoms with Gasteiger partial charge in [0.2, 0.25) is 5.91 Å². The molecule has 0 rings (SSSR count). The van der Waals surface area contributed by atoms with E-state index >= 15 is 0 Å². The van der Waals surface area contributed by atoms with Gasteiger partial charge >= 0.3 is 0 Å². The van der Waals surface area contributed by atoms with Gasteiger partial charge in [0, 0.05) is 0 Å². The highest BCUT2D eigenvalue weighted by Gasteiger charge is 2.28. The molecule has 0 aliphatic rings. The van der Waals surface area contributed by atoms with Gasteiger partial charge in [-0.3, -0.25) is 4.79 Å². The Balaban J connectivity index is 3.60. The fourth-order valence-corrected chi connectivity index (χ4v) is 9.91. The van der Waals surface area contributed by atoms with Crippen molar-refractivity contribution < 1.29 is 25.2 Å². The number of aliphatic hydroxyl groups excluding tert-OH is 4. The van der Waals surface area contributed by atoms with Crippen molar-refractivity contribution in [1.29, 1.82) is 0 Å². The SMILES string of the molecule is CCCCCCCCCCC/C=C\C/C=C\CCCCCCCCCCCCCCCCCCC(O)C(=O)NC(CO)C(O)C(O)CCC/C=C/CCCCCCCCCCCCCCCCCCC. The first kappa shape index (κ1) is 68.5. The number of nitrogens with one attached hydrogen (secondary N) is 1. The summed E-state index contributed by atoms with van der Waals surface area (Å²) >= 11 is 0. The lowest BCUT2D eigenvalue weighted by Crippen LogP contribution is -2.53. The van der Waals surface area contributed by atoms with E-state index in [4.69, 9.17) is 0 Å². The average molecular weight is 987 g/mol. The van der Waals surface area contributed by atoms with Crippen LogP contribution in [0.15, 0.2) is 36.5 Å². The van der Waals surface area contributed by atoms with Crippen LogP contribution in [-0.2, 0) is 4.79 Å². The lowest BCUT2D eigenvalue weighted by molar-refractivity contribution is -0.132. The minimum Gasteiger partial charge on any atom is -0.394 e. The molecule has 0 aromatic rings. The summed E-state index contributed by atoms with van der Waals surface area (Å²) in [7, 11) is 0. The minimum atomic E-state index is -1.28. The second-order valence-corrected chi connectivity index (χ2v) is 21.7. The zero-order chi connectivity index (χ0) is 50.9. The molecule has 6 nitrogen and oxygen atoms in total. The van der Waals surface area contributed by atoms with Crippen molar-refractivity contribution in [2.75, 3.05) is 6.61 Å². The molecule has 1 amide bonds. The quantitative estimate of drug-likeness (QED) is 0.0308. The van der Waals surface area contributed by atoms with Crippen molar-refractivity contribution in [3.63, 3.8) is 0 Å². The van der Waals surface area contributed by atoms with E-state index in [9.17, 15) is 25.2 Å². The fraction of sp³-hybridized carbons (Fsp3) is 0.891. The standard InChI is InChI=1S/C64H123NO5/c1-3-5-7-9-11-13-15-17-19-21-23-25-27-28-29-30-31-32-33-34-35-36-38-40-42-44-46-48-50-52-54-56-58-62(68)64(70)65-60(59-66)63(69)61(67)57-55-53-51-49-47-45-43-41-39-37-26-24-22-20-18-16-14-12-10-8-6-4-2/h23,25,28-29,49,51,60-63,66-69H,3-22,24,26-27,30-48,50,52-59H2,1-2H3,(H,65,70)/b25-23-,29-28-,51-49+. The summed E-state index contributed by atoms with van der Waals surface area (Å²) in [5.74, 6) is -0.589. The van der Waals surface area contributed by atoms with Crippen molar-refractivity contribution >= 4 is 5.91 Å². The number of hydrogen-bond donors (Lipinski definition) is 5. The normalized spacial score (nSPS) is 13.9. The molecule has 70 heavy (non-hydrogen) atoms. The lowest BCUT2D eigenvalue weighted by Gasteiger charge is -2.27. The van der Waals surface area contributed by atoms with Crippen molar-refractivity contribution in [3.8, 4) is 0 Å². The molecular formula is C64H123NO5. The van der Waals surface area contributed by atoms with Gasteiger partial charge in [-0.2, -0.15) is 0 Å². The first-order valence-electron chi connectivity index (χ1n) is 31.4. The second-order valence-electron chi connectivity index (χ2n) is 21.7. The Bertz CT molecular complexity index is 1110. The molecule has 6 heteroatoms. The maximum atomic E-state index is 12.6. The predicted octanol–water partition coefficient (Wildman–Crippen LogP) is 18.8. The fourth-order valence-electron chi connectivity index (χ4n) is 9.91. The summed E-state index contributed by atoms with van der Waals surface area (Å²) < 4.78 is 0. The van der Waals surface area contributed by atoms with Crippen LogP contribution in [-0.4, -0.2) is 57.3 Å². The minimum absolute atomic E-state index is 0.364. The first-order valence-corrected chi connectivity index (χ1v) is 31.4. The van der Waals surface area contributed by atoms with Crippen LogP contribution in [0.3, 0.4) is 0 Å². The number of carbonyl (C=O) groups excluding carboxylic acids is 1. The predicted molar refractivity (Wildman–Crippen MR) is 307 cm³/mol. The molecular weight excluding hydrogens is 863 g/mol. The maximum absolute atomic E-state index is 12.6. The third kappa shape index (κ3) is 51.4. The van der Waals surface area contributed by atoms with Crippen LogP contribution in [0.1, 0.15) is 335 Å². The topological polar surface area (TPSA) is 110 Å². The molecule has 0 saturated carbocycles. The van der Waals surface area contributed by atoms with Crippen LogP contribution in [0, 0.1) is 0 Å². The van der Waals surface area contributed by atoms with E-state index < -0.39 is 36.9 Å². The van der Waals surface area contributed by atoms with Crippen molar-refractivity contribution in [2.45, 2.75) is 359 Å². The van der Waals surface area contributed by atoms with E-state index in [-0.39, 0.29) is 0 Å². The van der Waals surface area contributed by atoms with E-state index in [0.29, 0.717) is 12.8 Å². The Hall–Kier alpha value is -1.47. The highest BCUT2D eigenvalue weighted by Crippen LogP contribution is 2.18. The smallest absolute Gasteiger partial charge is 0.249 e. The molecule has 0 bridgehead atoms. The summed E-state index contributed by atoms with van der Waals surface area (Å²) in [6.45, 7) is 4.08. The third-order valence-corrected chi connectivity index (χ3v) is 14.8. The molecule has 0 heterocycles. The van der Waals surface area contributed by atoms with E-state index in [2.05, 4.69) is 55.6 Å². The van der Waals surface area contributed by atoms with Gasteiger partial charge in [-0.05, 0) is 70.6 Å². The van der Waals surface area contributed by atoms with E-state index in [1.807, 2.05) is 0 Å². The van der Waals surface area contributed by atoms with Gasteiger partial charge < -0.3 is 25.7 Å². The lowest BCUT2D eigenvalue weighted by atomic mass is 10.00. The van der Waals surface area contributed by atoms with Crippen LogP contribution < -0.4 is 5.32 Å². The molecule has 0 fully saturated rings. The molecule has 0 aliphatic heterocycles. The van der Waals surface area contributed by atoms with Crippen LogP contribution in [0.2, 0.25) is 0 Å². The molecule has 0 spiro atoms. The average Bonchev–Trinajstić information content (AvgIpc) is 3.36.